The van der Waals surface area contributed by atoms with Crippen LogP contribution in [0.15, 0.2) is 18.2 Å². The topological polar surface area (TPSA) is 15.3 Å². The van der Waals surface area contributed by atoms with Crippen LogP contribution in [-0.4, -0.2) is 30.1 Å². The van der Waals surface area contributed by atoms with Gasteiger partial charge in [-0.25, -0.2) is 0 Å². The summed E-state index contributed by atoms with van der Waals surface area (Å²) in [5.41, 5.74) is 1.50. The first-order valence-electron chi connectivity index (χ1n) is 6.88. The molecule has 0 spiro atoms. The second-order valence-electron chi connectivity index (χ2n) is 6.31. The minimum Gasteiger partial charge on any atom is -0.316 e. The van der Waals surface area contributed by atoms with Gasteiger partial charge in [-0.05, 0) is 49.9 Å². The molecule has 2 atom stereocenters. The van der Waals surface area contributed by atoms with Gasteiger partial charge in [0.1, 0.15) is 0 Å². The van der Waals surface area contributed by atoms with Crippen molar-refractivity contribution in [2.45, 2.75) is 25.9 Å². The van der Waals surface area contributed by atoms with Crippen molar-refractivity contribution < 1.29 is 0 Å². The SMILES string of the molecule is CC1(C)C2CNCC2CN1Cc1ccc(Cl)c(Cl)c1. The Bertz CT molecular complexity index is 487. The summed E-state index contributed by atoms with van der Waals surface area (Å²) >= 11 is 12.1. The average Bonchev–Trinajstić information content (AvgIpc) is 2.89. The predicted octanol–water partition coefficient (Wildman–Crippen LogP) is 3.42. The third-order valence-electron chi connectivity index (χ3n) is 4.87. The summed E-state index contributed by atoms with van der Waals surface area (Å²) in [6.45, 7) is 9.16. The van der Waals surface area contributed by atoms with Gasteiger partial charge in [-0.3, -0.25) is 4.90 Å². The van der Waals surface area contributed by atoms with Crippen molar-refractivity contribution >= 4 is 23.2 Å². The summed E-state index contributed by atoms with van der Waals surface area (Å²) in [6, 6.07) is 5.97. The molecule has 1 N–H and O–H groups in total. The highest BCUT2D eigenvalue weighted by atomic mass is 35.5. The highest BCUT2D eigenvalue weighted by molar-refractivity contribution is 6.42. The molecule has 2 unspecified atom stereocenters. The fourth-order valence-corrected chi connectivity index (χ4v) is 3.95. The lowest BCUT2D eigenvalue weighted by Crippen LogP contribution is -2.43. The minimum atomic E-state index is 0.250. The molecule has 0 saturated carbocycles. The van der Waals surface area contributed by atoms with Crippen molar-refractivity contribution in [2.75, 3.05) is 19.6 Å². The Morgan fingerprint density at radius 1 is 1.26 bits per heavy atom. The number of benzene rings is 1. The zero-order valence-electron chi connectivity index (χ0n) is 11.4. The van der Waals surface area contributed by atoms with E-state index >= 15 is 0 Å². The number of nitrogens with one attached hydrogen (secondary N) is 1. The Hall–Kier alpha value is -0.280. The van der Waals surface area contributed by atoms with Crippen molar-refractivity contribution in [2.24, 2.45) is 11.8 Å². The molecule has 2 aliphatic heterocycles. The summed E-state index contributed by atoms with van der Waals surface area (Å²) in [6.07, 6.45) is 0. The van der Waals surface area contributed by atoms with Crippen molar-refractivity contribution in [1.29, 1.82) is 0 Å². The average molecular weight is 299 g/mol. The van der Waals surface area contributed by atoms with E-state index in [1.165, 1.54) is 12.1 Å². The Morgan fingerprint density at radius 2 is 2.05 bits per heavy atom. The lowest BCUT2D eigenvalue weighted by atomic mass is 9.85. The van der Waals surface area contributed by atoms with Gasteiger partial charge >= 0.3 is 0 Å². The fourth-order valence-electron chi connectivity index (χ4n) is 3.63. The molecule has 1 aromatic carbocycles. The van der Waals surface area contributed by atoms with Crippen LogP contribution in [0.1, 0.15) is 19.4 Å². The zero-order valence-corrected chi connectivity index (χ0v) is 12.9. The molecule has 3 rings (SSSR count). The molecular formula is C15H20Cl2N2. The number of fused-ring (bicyclic) bond motifs is 1. The molecule has 2 aliphatic rings. The molecular weight excluding hydrogens is 279 g/mol. The van der Waals surface area contributed by atoms with Gasteiger partial charge in [0.05, 0.1) is 10.0 Å². The van der Waals surface area contributed by atoms with E-state index in [-0.39, 0.29) is 5.54 Å². The normalized spacial score (nSPS) is 29.7. The summed E-state index contributed by atoms with van der Waals surface area (Å²) in [5.74, 6) is 1.55. The molecule has 2 fully saturated rings. The predicted molar refractivity (Wildman–Crippen MR) is 80.8 cm³/mol. The van der Waals surface area contributed by atoms with Crippen LogP contribution < -0.4 is 5.32 Å². The van der Waals surface area contributed by atoms with Crippen molar-refractivity contribution in [3.05, 3.63) is 33.8 Å². The minimum absolute atomic E-state index is 0.250. The Balaban J connectivity index is 1.78. The van der Waals surface area contributed by atoms with Gasteiger partial charge in [0, 0.05) is 25.2 Å². The molecule has 104 valence electrons. The first-order chi connectivity index (χ1) is 8.98. The van der Waals surface area contributed by atoms with Crippen LogP contribution in [0.2, 0.25) is 10.0 Å². The van der Waals surface area contributed by atoms with Crippen molar-refractivity contribution in [1.82, 2.24) is 10.2 Å². The van der Waals surface area contributed by atoms with Crippen LogP contribution in [0.5, 0.6) is 0 Å². The summed E-state index contributed by atoms with van der Waals surface area (Å²) in [7, 11) is 0. The van der Waals surface area contributed by atoms with Crippen LogP contribution in [0, 0.1) is 11.8 Å². The highest BCUT2D eigenvalue weighted by Crippen LogP contribution is 2.41. The maximum Gasteiger partial charge on any atom is 0.0595 e. The van der Waals surface area contributed by atoms with Gasteiger partial charge < -0.3 is 5.32 Å². The lowest BCUT2D eigenvalue weighted by molar-refractivity contribution is 0.132. The molecule has 19 heavy (non-hydrogen) atoms. The molecule has 0 amide bonds. The molecule has 0 aliphatic carbocycles. The van der Waals surface area contributed by atoms with E-state index in [1.54, 1.807) is 0 Å². The number of nitrogens with zero attached hydrogens (tertiary/aromatic N) is 1. The molecule has 0 aromatic heterocycles. The number of likely N-dealkylation sites (tertiary alicyclic amines) is 1. The summed E-state index contributed by atoms with van der Waals surface area (Å²) < 4.78 is 0. The third kappa shape index (κ3) is 2.40. The van der Waals surface area contributed by atoms with Crippen molar-refractivity contribution in [3.8, 4) is 0 Å². The number of rotatable bonds is 2. The van der Waals surface area contributed by atoms with Crippen LogP contribution in [0.4, 0.5) is 0 Å². The summed E-state index contributed by atoms with van der Waals surface area (Å²) in [5, 5.41) is 4.80. The summed E-state index contributed by atoms with van der Waals surface area (Å²) in [4.78, 5) is 2.59. The molecule has 2 nitrogen and oxygen atoms in total. The zero-order chi connectivity index (χ0) is 13.6. The smallest absolute Gasteiger partial charge is 0.0595 e. The Morgan fingerprint density at radius 3 is 2.74 bits per heavy atom. The van der Waals surface area contributed by atoms with Gasteiger partial charge in [-0.1, -0.05) is 29.3 Å². The highest BCUT2D eigenvalue weighted by Gasteiger charge is 2.49. The van der Waals surface area contributed by atoms with Gasteiger partial charge in [-0.15, -0.1) is 0 Å². The molecule has 4 heteroatoms. The van der Waals surface area contributed by atoms with Crippen LogP contribution in [0.3, 0.4) is 0 Å². The quantitative estimate of drug-likeness (QED) is 0.900. The maximum atomic E-state index is 6.11. The van der Waals surface area contributed by atoms with E-state index in [0.717, 1.165) is 31.5 Å². The van der Waals surface area contributed by atoms with Crippen molar-refractivity contribution in [3.63, 3.8) is 0 Å². The van der Waals surface area contributed by atoms with E-state index in [2.05, 4.69) is 30.1 Å². The fraction of sp³-hybridized carbons (Fsp3) is 0.600. The van der Waals surface area contributed by atoms with E-state index in [1.807, 2.05) is 12.1 Å². The second-order valence-corrected chi connectivity index (χ2v) is 7.12. The van der Waals surface area contributed by atoms with E-state index in [0.29, 0.717) is 10.0 Å². The number of halogens is 2. The van der Waals surface area contributed by atoms with E-state index in [9.17, 15) is 0 Å². The molecule has 2 saturated heterocycles. The molecule has 0 radical (unpaired) electrons. The third-order valence-corrected chi connectivity index (χ3v) is 5.61. The number of hydrogen-bond acceptors (Lipinski definition) is 2. The monoisotopic (exact) mass is 298 g/mol. The molecule has 2 heterocycles. The van der Waals surface area contributed by atoms with E-state index in [4.69, 9.17) is 23.2 Å². The maximum absolute atomic E-state index is 6.11. The Labute approximate surface area is 125 Å². The molecule has 1 aromatic rings. The second kappa shape index (κ2) is 4.92. The van der Waals surface area contributed by atoms with Crippen LogP contribution >= 0.6 is 23.2 Å². The Kier molecular flexibility index (Phi) is 3.55. The van der Waals surface area contributed by atoms with E-state index < -0.39 is 0 Å². The number of hydrogen-bond donors (Lipinski definition) is 1. The van der Waals surface area contributed by atoms with Crippen LogP contribution in [0.25, 0.3) is 0 Å². The van der Waals surface area contributed by atoms with Crippen LogP contribution in [-0.2, 0) is 6.54 Å². The standard InChI is InChI=1S/C15H20Cl2N2/c1-15(2)12-7-18-6-11(12)9-19(15)8-10-3-4-13(16)14(17)5-10/h3-5,11-12,18H,6-9H2,1-2H3. The largest absolute Gasteiger partial charge is 0.316 e. The van der Waals surface area contributed by atoms with Gasteiger partial charge in [-0.2, -0.15) is 0 Å². The van der Waals surface area contributed by atoms with Gasteiger partial charge in [0.2, 0.25) is 0 Å². The first-order valence-corrected chi connectivity index (χ1v) is 7.64. The first kappa shape index (κ1) is 13.7. The van der Waals surface area contributed by atoms with Gasteiger partial charge in [0.15, 0.2) is 0 Å². The van der Waals surface area contributed by atoms with Gasteiger partial charge in [0.25, 0.3) is 0 Å². The lowest BCUT2D eigenvalue weighted by Gasteiger charge is -2.35. The molecule has 0 bridgehead atoms.